The van der Waals surface area contributed by atoms with Crippen LogP contribution in [0.3, 0.4) is 0 Å². The number of carbonyl (C=O) groups is 1. The molecule has 0 saturated carbocycles. The van der Waals surface area contributed by atoms with Crippen molar-refractivity contribution < 1.29 is 4.79 Å². The van der Waals surface area contributed by atoms with Gasteiger partial charge in [-0.05, 0) is 35.9 Å². The van der Waals surface area contributed by atoms with Gasteiger partial charge in [0.25, 0.3) is 5.91 Å². The van der Waals surface area contributed by atoms with Crippen molar-refractivity contribution in [2.75, 3.05) is 0 Å². The maximum Gasteiger partial charge on any atom is 0.251 e. The molecule has 7 nitrogen and oxygen atoms in total. The predicted octanol–water partition coefficient (Wildman–Crippen LogP) is 2.59. The maximum atomic E-state index is 12.4. The number of benzene rings is 1. The van der Waals surface area contributed by atoms with E-state index in [2.05, 4.69) is 26.6 Å². The van der Waals surface area contributed by atoms with Crippen LogP contribution in [0.1, 0.15) is 21.5 Å². The van der Waals surface area contributed by atoms with Gasteiger partial charge in [0.2, 0.25) is 0 Å². The predicted molar refractivity (Wildman–Crippen MR) is 98.5 cm³/mol. The zero-order chi connectivity index (χ0) is 18.6. The Balaban J connectivity index is 1.56. The fourth-order valence-electron chi connectivity index (χ4n) is 2.76. The van der Waals surface area contributed by atoms with E-state index in [1.54, 1.807) is 48.9 Å². The van der Waals surface area contributed by atoms with Gasteiger partial charge in [0.1, 0.15) is 5.65 Å². The minimum atomic E-state index is -0.183. The first-order chi connectivity index (χ1) is 13.2. The van der Waals surface area contributed by atoms with Crippen molar-refractivity contribution in [3.63, 3.8) is 0 Å². The molecule has 1 amide bonds. The molecule has 27 heavy (non-hydrogen) atoms. The summed E-state index contributed by atoms with van der Waals surface area (Å²) in [5.74, 6) is -0.183. The lowest BCUT2D eigenvalue weighted by molar-refractivity contribution is 0.0951. The van der Waals surface area contributed by atoms with Gasteiger partial charge in [-0.15, -0.1) is 0 Å². The van der Waals surface area contributed by atoms with Crippen LogP contribution in [-0.4, -0.2) is 25.5 Å². The highest BCUT2D eigenvalue weighted by atomic mass is 16.1. The van der Waals surface area contributed by atoms with E-state index in [0.29, 0.717) is 23.3 Å². The molecular formula is C20H14N6O. The summed E-state index contributed by atoms with van der Waals surface area (Å²) in [4.78, 5) is 16.8. The molecule has 4 aromatic rings. The summed E-state index contributed by atoms with van der Waals surface area (Å²) in [6.07, 6.45) is 6.77. The molecule has 4 rings (SSSR count). The zero-order valence-corrected chi connectivity index (χ0v) is 14.2. The van der Waals surface area contributed by atoms with Gasteiger partial charge in [-0.2, -0.15) is 15.5 Å². The number of hydrogen-bond acceptors (Lipinski definition) is 5. The number of hydrogen-bond donors (Lipinski definition) is 1. The van der Waals surface area contributed by atoms with Crippen LogP contribution >= 0.6 is 0 Å². The first-order valence-electron chi connectivity index (χ1n) is 8.26. The Morgan fingerprint density at radius 3 is 2.70 bits per heavy atom. The van der Waals surface area contributed by atoms with Gasteiger partial charge in [-0.1, -0.05) is 12.1 Å². The number of amides is 1. The fraction of sp³-hybridized carbons (Fsp3) is 0.0500. The molecule has 0 atom stereocenters. The highest BCUT2D eigenvalue weighted by Gasteiger charge is 2.10. The van der Waals surface area contributed by atoms with E-state index in [-0.39, 0.29) is 5.91 Å². The highest BCUT2D eigenvalue weighted by molar-refractivity contribution is 5.95. The van der Waals surface area contributed by atoms with Crippen LogP contribution in [0.25, 0.3) is 16.9 Å². The average Bonchev–Trinajstić information content (AvgIpc) is 3.16. The van der Waals surface area contributed by atoms with Crippen molar-refractivity contribution in [2.45, 2.75) is 6.54 Å². The Morgan fingerprint density at radius 1 is 1.11 bits per heavy atom. The van der Waals surface area contributed by atoms with Crippen LogP contribution < -0.4 is 5.32 Å². The summed E-state index contributed by atoms with van der Waals surface area (Å²) in [6, 6.07) is 14.7. The van der Waals surface area contributed by atoms with E-state index < -0.39 is 0 Å². The van der Waals surface area contributed by atoms with Crippen LogP contribution in [0.15, 0.2) is 67.3 Å². The van der Waals surface area contributed by atoms with E-state index >= 15 is 0 Å². The molecule has 0 aliphatic carbocycles. The summed E-state index contributed by atoms with van der Waals surface area (Å²) in [6.45, 7) is 0.379. The Labute approximate surface area is 154 Å². The summed E-state index contributed by atoms with van der Waals surface area (Å²) in [7, 11) is 0. The van der Waals surface area contributed by atoms with Gasteiger partial charge in [-0.25, -0.2) is 4.98 Å². The number of nitriles is 1. The number of carbonyl (C=O) groups excluding carboxylic acids is 1. The third kappa shape index (κ3) is 3.37. The SMILES string of the molecule is N#Cc1ccc(-c2cnc3cc(C(=O)NCc4ccnnc4)ccn23)cc1. The number of rotatable bonds is 4. The smallest absolute Gasteiger partial charge is 0.251 e. The second-order valence-electron chi connectivity index (χ2n) is 5.91. The molecule has 0 aliphatic rings. The van der Waals surface area contributed by atoms with Gasteiger partial charge in [0.05, 0.1) is 29.7 Å². The van der Waals surface area contributed by atoms with Gasteiger partial charge >= 0.3 is 0 Å². The van der Waals surface area contributed by atoms with E-state index in [1.165, 1.54) is 0 Å². The monoisotopic (exact) mass is 354 g/mol. The minimum Gasteiger partial charge on any atom is -0.348 e. The van der Waals surface area contributed by atoms with E-state index in [1.807, 2.05) is 22.7 Å². The molecule has 3 aromatic heterocycles. The van der Waals surface area contributed by atoms with Gasteiger partial charge in [-0.3, -0.25) is 9.20 Å². The molecular weight excluding hydrogens is 340 g/mol. The third-order valence-electron chi connectivity index (χ3n) is 4.18. The van der Waals surface area contributed by atoms with Crippen LogP contribution in [0.5, 0.6) is 0 Å². The Bertz CT molecular complexity index is 1140. The first kappa shape index (κ1) is 16.4. The summed E-state index contributed by atoms with van der Waals surface area (Å²) in [5, 5.41) is 19.3. The van der Waals surface area contributed by atoms with Gasteiger partial charge in [0, 0.05) is 30.1 Å². The molecule has 0 aliphatic heterocycles. The average molecular weight is 354 g/mol. The second-order valence-corrected chi connectivity index (χ2v) is 5.91. The maximum absolute atomic E-state index is 12.4. The highest BCUT2D eigenvalue weighted by Crippen LogP contribution is 2.21. The summed E-state index contributed by atoms with van der Waals surface area (Å²) in [5.41, 5.74) is 4.53. The molecule has 1 aromatic carbocycles. The van der Waals surface area contributed by atoms with E-state index in [4.69, 9.17) is 5.26 Å². The minimum absolute atomic E-state index is 0.183. The molecule has 0 unspecified atom stereocenters. The van der Waals surface area contributed by atoms with E-state index in [0.717, 1.165) is 16.8 Å². The van der Waals surface area contributed by atoms with Crippen LogP contribution in [-0.2, 0) is 6.54 Å². The topological polar surface area (TPSA) is 96.0 Å². The van der Waals surface area contributed by atoms with Crippen molar-refractivity contribution in [3.05, 3.63) is 83.9 Å². The normalized spacial score (nSPS) is 10.5. The molecule has 7 heteroatoms. The molecule has 1 N–H and O–H groups in total. The number of pyridine rings is 1. The first-order valence-corrected chi connectivity index (χ1v) is 8.26. The van der Waals surface area contributed by atoms with E-state index in [9.17, 15) is 4.79 Å². The van der Waals surface area contributed by atoms with Crippen molar-refractivity contribution in [2.24, 2.45) is 0 Å². The number of fused-ring (bicyclic) bond motifs is 1. The Morgan fingerprint density at radius 2 is 1.96 bits per heavy atom. The van der Waals surface area contributed by atoms with Crippen molar-refractivity contribution in [1.29, 1.82) is 5.26 Å². The van der Waals surface area contributed by atoms with Crippen LogP contribution in [0, 0.1) is 11.3 Å². The lowest BCUT2D eigenvalue weighted by Gasteiger charge is -2.06. The van der Waals surface area contributed by atoms with Gasteiger partial charge in [0.15, 0.2) is 0 Å². The number of nitrogens with one attached hydrogen (secondary N) is 1. The lowest BCUT2D eigenvalue weighted by Crippen LogP contribution is -2.23. The molecule has 0 bridgehead atoms. The largest absolute Gasteiger partial charge is 0.348 e. The second kappa shape index (κ2) is 7.06. The summed E-state index contributed by atoms with van der Waals surface area (Å²) < 4.78 is 1.91. The fourth-order valence-corrected chi connectivity index (χ4v) is 2.76. The molecule has 0 saturated heterocycles. The third-order valence-corrected chi connectivity index (χ3v) is 4.18. The Kier molecular flexibility index (Phi) is 4.29. The van der Waals surface area contributed by atoms with Crippen molar-refractivity contribution in [1.82, 2.24) is 24.9 Å². The van der Waals surface area contributed by atoms with Gasteiger partial charge < -0.3 is 5.32 Å². The van der Waals surface area contributed by atoms with Crippen molar-refractivity contribution in [3.8, 4) is 17.3 Å². The molecule has 0 fully saturated rings. The number of imidazole rings is 1. The molecule has 0 spiro atoms. The molecule has 0 radical (unpaired) electrons. The quantitative estimate of drug-likeness (QED) is 0.608. The van der Waals surface area contributed by atoms with Crippen LogP contribution in [0.2, 0.25) is 0 Å². The molecule has 130 valence electrons. The number of nitrogens with zero attached hydrogens (tertiary/aromatic N) is 5. The standard InChI is InChI=1S/C20H14N6O/c21-10-14-1-3-16(4-2-14)18-13-22-19-9-17(6-8-26(18)19)20(27)23-11-15-5-7-24-25-12-15/h1-9,12-13H,11H2,(H,23,27). The van der Waals surface area contributed by atoms with Crippen molar-refractivity contribution >= 4 is 11.6 Å². The Hall–Kier alpha value is -4.05. The summed E-state index contributed by atoms with van der Waals surface area (Å²) >= 11 is 0. The number of aromatic nitrogens is 4. The lowest BCUT2D eigenvalue weighted by atomic mass is 10.1. The zero-order valence-electron chi connectivity index (χ0n) is 14.2. The van der Waals surface area contributed by atoms with Crippen LogP contribution in [0.4, 0.5) is 0 Å². The molecule has 3 heterocycles.